The van der Waals surface area contributed by atoms with Gasteiger partial charge < -0.3 is 9.80 Å². The number of halogens is 1. The first-order valence-corrected chi connectivity index (χ1v) is 8.92. The van der Waals surface area contributed by atoms with Crippen molar-refractivity contribution >= 4 is 17.4 Å². The Balaban J connectivity index is 1.99. The van der Waals surface area contributed by atoms with Crippen LogP contribution in [0.1, 0.15) is 30.8 Å². The number of rotatable bonds is 5. The van der Waals surface area contributed by atoms with Crippen molar-refractivity contribution in [3.8, 4) is 0 Å². The van der Waals surface area contributed by atoms with E-state index < -0.39 is 6.17 Å². The number of urea groups is 1. The minimum Gasteiger partial charge on any atom is -0.326 e. The van der Waals surface area contributed by atoms with Gasteiger partial charge in [0, 0.05) is 50.7 Å². The number of likely N-dealkylation sites (tertiary alicyclic amines) is 1. The third-order valence-corrected chi connectivity index (χ3v) is 5.48. The van der Waals surface area contributed by atoms with E-state index >= 15 is 0 Å². The zero-order valence-corrected chi connectivity index (χ0v) is 15.4. The summed E-state index contributed by atoms with van der Waals surface area (Å²) in [5, 5.41) is 0. The smallest absolute Gasteiger partial charge is 0.319 e. The van der Waals surface area contributed by atoms with Crippen LogP contribution < -0.4 is 0 Å². The molecule has 130 valence electrons. The van der Waals surface area contributed by atoms with Crippen molar-refractivity contribution in [2.24, 2.45) is 0 Å². The Morgan fingerprint density at radius 1 is 1.52 bits per heavy atom. The molecule has 1 fully saturated rings. The maximum Gasteiger partial charge on any atom is 0.319 e. The lowest BCUT2D eigenvalue weighted by atomic mass is 10.2. The van der Waals surface area contributed by atoms with Gasteiger partial charge in [0.15, 0.2) is 0 Å². The van der Waals surface area contributed by atoms with E-state index in [1.165, 1.54) is 4.88 Å². The molecule has 0 N–H and O–H groups in total. The summed E-state index contributed by atoms with van der Waals surface area (Å²) in [7, 11) is 3.59. The molecule has 0 bridgehead atoms. The monoisotopic (exact) mass is 342 g/mol. The lowest BCUT2D eigenvalue weighted by Crippen LogP contribution is -2.47. The summed E-state index contributed by atoms with van der Waals surface area (Å²) in [6.07, 6.45) is -0.333. The zero-order chi connectivity index (χ0) is 17.1. The molecule has 0 unspecified atom stereocenters. The topological polar surface area (TPSA) is 39.7 Å². The number of hydrogen-bond acceptors (Lipinski definition) is 4. The number of carbonyl (C=O) groups excluding carboxylic acids is 1. The van der Waals surface area contributed by atoms with Gasteiger partial charge >= 0.3 is 6.03 Å². The first-order chi connectivity index (χ1) is 10.8. The molecule has 0 aliphatic carbocycles. The van der Waals surface area contributed by atoms with E-state index in [0.717, 1.165) is 5.69 Å². The van der Waals surface area contributed by atoms with E-state index in [4.69, 9.17) is 0 Å². The van der Waals surface area contributed by atoms with Crippen molar-refractivity contribution < 1.29 is 9.18 Å². The molecule has 0 aromatic carbocycles. The minimum absolute atomic E-state index is 0.0174. The van der Waals surface area contributed by atoms with Gasteiger partial charge in [-0.15, -0.1) is 11.3 Å². The summed E-state index contributed by atoms with van der Waals surface area (Å²) in [5.74, 6) is 0. The van der Waals surface area contributed by atoms with Crippen LogP contribution in [-0.2, 0) is 6.54 Å². The fourth-order valence-electron chi connectivity index (χ4n) is 2.85. The maximum atomic E-state index is 13.9. The van der Waals surface area contributed by atoms with Gasteiger partial charge in [-0.3, -0.25) is 4.90 Å². The highest BCUT2D eigenvalue weighted by atomic mass is 32.1. The molecule has 0 saturated carbocycles. The van der Waals surface area contributed by atoms with E-state index in [0.29, 0.717) is 26.1 Å². The molecule has 1 aromatic rings. The summed E-state index contributed by atoms with van der Waals surface area (Å²) in [6, 6.07) is 0.190. The van der Waals surface area contributed by atoms with Gasteiger partial charge in [-0.1, -0.05) is 0 Å². The van der Waals surface area contributed by atoms with E-state index in [-0.39, 0.29) is 18.1 Å². The first-order valence-electron chi connectivity index (χ1n) is 8.04. The molecule has 0 spiro atoms. The van der Waals surface area contributed by atoms with Gasteiger partial charge in [0.05, 0.1) is 11.2 Å². The molecular weight excluding hydrogens is 315 g/mol. The molecule has 1 aliphatic rings. The number of aromatic nitrogens is 1. The minimum atomic E-state index is -0.820. The van der Waals surface area contributed by atoms with Gasteiger partial charge in [-0.25, -0.2) is 14.2 Å². The number of likely N-dealkylation sites (N-methyl/N-ethyl adjacent to an activating group) is 1. The second-order valence-corrected chi connectivity index (χ2v) is 7.58. The van der Waals surface area contributed by atoms with Gasteiger partial charge in [-0.2, -0.15) is 0 Å². The largest absolute Gasteiger partial charge is 0.326 e. The summed E-state index contributed by atoms with van der Waals surface area (Å²) in [5.41, 5.74) is 2.84. The van der Waals surface area contributed by atoms with E-state index in [1.807, 2.05) is 26.3 Å². The molecule has 1 saturated heterocycles. The third-order valence-electron chi connectivity index (χ3n) is 4.56. The molecule has 1 aromatic heterocycles. The molecule has 1 aliphatic heterocycles. The van der Waals surface area contributed by atoms with Crippen LogP contribution in [0.2, 0.25) is 0 Å². The van der Waals surface area contributed by atoms with Gasteiger partial charge in [0.2, 0.25) is 0 Å². The van der Waals surface area contributed by atoms with Crippen molar-refractivity contribution in [2.45, 2.75) is 52.0 Å². The number of amides is 2. The molecule has 5 nitrogen and oxygen atoms in total. The number of carbonyl (C=O) groups is 1. The molecule has 23 heavy (non-hydrogen) atoms. The molecule has 2 heterocycles. The highest BCUT2D eigenvalue weighted by Crippen LogP contribution is 2.25. The zero-order valence-electron chi connectivity index (χ0n) is 14.6. The fraction of sp³-hybridized carbons (Fsp3) is 0.750. The second kappa shape index (κ2) is 7.57. The third kappa shape index (κ3) is 4.41. The lowest BCUT2D eigenvalue weighted by Gasteiger charge is -2.32. The Morgan fingerprint density at radius 3 is 2.78 bits per heavy atom. The van der Waals surface area contributed by atoms with E-state index in [1.54, 1.807) is 35.2 Å². The van der Waals surface area contributed by atoms with Crippen LogP contribution in [0.4, 0.5) is 9.18 Å². The van der Waals surface area contributed by atoms with Crippen LogP contribution in [0.3, 0.4) is 0 Å². The van der Waals surface area contributed by atoms with Crippen LogP contribution in [-0.4, -0.2) is 71.2 Å². The summed E-state index contributed by atoms with van der Waals surface area (Å²) < 4.78 is 13.9. The summed E-state index contributed by atoms with van der Waals surface area (Å²) in [4.78, 5) is 23.4. The SMILES string of the molecule is Cc1ncsc1CN1C[C@@H](F)C[C@H]1CN(C)C(=O)N(C)C(C)C. The van der Waals surface area contributed by atoms with Gasteiger partial charge in [0.1, 0.15) is 6.17 Å². The highest BCUT2D eigenvalue weighted by molar-refractivity contribution is 7.09. The maximum absolute atomic E-state index is 13.9. The quantitative estimate of drug-likeness (QED) is 0.826. The predicted octanol–water partition coefficient (Wildman–Crippen LogP) is 2.76. The average molecular weight is 342 g/mol. The standard InChI is InChI=1S/C16H27FN4OS/c1-11(2)20(5)16(22)19(4)8-14-6-13(17)7-21(14)9-15-12(3)18-10-23-15/h10-11,13-14H,6-9H2,1-5H3/t13-,14-/m0/s1. The Labute approximate surface area is 142 Å². The number of aryl methyl sites for hydroxylation is 1. The molecule has 2 rings (SSSR count). The predicted molar refractivity (Wildman–Crippen MR) is 91.5 cm³/mol. The van der Waals surface area contributed by atoms with Crippen molar-refractivity contribution in [1.82, 2.24) is 19.7 Å². The molecule has 0 radical (unpaired) electrons. The molecule has 7 heteroatoms. The molecule has 2 atom stereocenters. The van der Waals surface area contributed by atoms with Crippen LogP contribution in [0, 0.1) is 6.92 Å². The lowest BCUT2D eigenvalue weighted by molar-refractivity contribution is 0.142. The van der Waals surface area contributed by atoms with Crippen LogP contribution in [0.25, 0.3) is 0 Å². The van der Waals surface area contributed by atoms with Crippen molar-refractivity contribution in [1.29, 1.82) is 0 Å². The Hall–Kier alpha value is -1.21. The van der Waals surface area contributed by atoms with Gasteiger partial charge in [0.25, 0.3) is 0 Å². The second-order valence-electron chi connectivity index (χ2n) is 6.64. The van der Waals surface area contributed by atoms with Crippen LogP contribution >= 0.6 is 11.3 Å². The number of nitrogens with zero attached hydrogens (tertiary/aromatic N) is 4. The van der Waals surface area contributed by atoms with Gasteiger partial charge in [-0.05, 0) is 27.2 Å². The van der Waals surface area contributed by atoms with Crippen LogP contribution in [0.5, 0.6) is 0 Å². The van der Waals surface area contributed by atoms with E-state index in [9.17, 15) is 9.18 Å². The van der Waals surface area contributed by atoms with E-state index in [2.05, 4.69) is 9.88 Å². The van der Waals surface area contributed by atoms with Crippen molar-refractivity contribution in [3.63, 3.8) is 0 Å². The fourth-order valence-corrected chi connectivity index (χ4v) is 3.65. The molecular formula is C16H27FN4OS. The number of alkyl halides is 1. The normalized spacial score (nSPS) is 21.9. The Kier molecular flexibility index (Phi) is 5.97. The Bertz CT molecular complexity index is 536. The summed E-state index contributed by atoms with van der Waals surface area (Å²) in [6.45, 7) is 7.65. The number of hydrogen-bond donors (Lipinski definition) is 0. The number of thiazole rings is 1. The van der Waals surface area contributed by atoms with Crippen molar-refractivity contribution in [2.75, 3.05) is 27.2 Å². The average Bonchev–Trinajstić information content (AvgIpc) is 3.04. The van der Waals surface area contributed by atoms with Crippen molar-refractivity contribution in [3.05, 3.63) is 16.1 Å². The Morgan fingerprint density at radius 2 is 2.22 bits per heavy atom. The summed E-state index contributed by atoms with van der Waals surface area (Å²) >= 11 is 1.61. The first kappa shape index (κ1) is 18.1. The van der Waals surface area contributed by atoms with Crippen LogP contribution in [0.15, 0.2) is 5.51 Å². The molecule has 2 amide bonds. The highest BCUT2D eigenvalue weighted by Gasteiger charge is 2.34.